The van der Waals surface area contributed by atoms with Gasteiger partial charge >= 0.3 is 7.82 Å². The standard InChI is InChI=1S/C4H11O4P.Ni/c1-3-7-9(5,6)8-4-2;/h3-4H2,1-2H3,(H,5,6);. The minimum Gasteiger partial charge on any atom is -0.302 e. The number of rotatable bonds is 4. The number of hydrogen-bond acceptors (Lipinski definition) is 3. The maximum Gasteiger partial charge on any atom is 0.472 e. The van der Waals surface area contributed by atoms with Crippen molar-refractivity contribution >= 4 is 7.82 Å². The van der Waals surface area contributed by atoms with Crippen LogP contribution in [-0.4, -0.2) is 18.1 Å². The first-order valence-corrected chi connectivity index (χ1v) is 4.23. The summed E-state index contributed by atoms with van der Waals surface area (Å²) in [7, 11) is -3.69. The van der Waals surface area contributed by atoms with E-state index in [1.807, 2.05) is 0 Å². The molecule has 0 rings (SSSR count). The van der Waals surface area contributed by atoms with Crippen LogP contribution >= 0.6 is 7.82 Å². The predicted molar refractivity (Wildman–Crippen MR) is 33.1 cm³/mol. The van der Waals surface area contributed by atoms with Crippen molar-refractivity contribution in [2.24, 2.45) is 0 Å². The Morgan fingerprint density at radius 1 is 1.30 bits per heavy atom. The van der Waals surface area contributed by atoms with Crippen LogP contribution in [0.5, 0.6) is 0 Å². The summed E-state index contributed by atoms with van der Waals surface area (Å²) in [4.78, 5) is 8.63. The van der Waals surface area contributed by atoms with Crippen molar-refractivity contribution in [1.82, 2.24) is 0 Å². The van der Waals surface area contributed by atoms with Crippen molar-refractivity contribution in [3.63, 3.8) is 0 Å². The van der Waals surface area contributed by atoms with Gasteiger partial charge in [0.05, 0.1) is 13.2 Å². The second kappa shape index (κ2) is 6.32. The molecule has 0 unspecified atom stereocenters. The van der Waals surface area contributed by atoms with Crippen molar-refractivity contribution < 1.29 is 35.0 Å². The van der Waals surface area contributed by atoms with E-state index in [1.54, 1.807) is 13.8 Å². The molecule has 0 aromatic heterocycles. The molecule has 0 saturated carbocycles. The van der Waals surface area contributed by atoms with Crippen LogP contribution in [0.3, 0.4) is 0 Å². The molecule has 6 heteroatoms. The third kappa shape index (κ3) is 6.72. The molecule has 0 spiro atoms. The predicted octanol–water partition coefficient (Wildman–Crippen LogP) is 1.16. The van der Waals surface area contributed by atoms with Crippen molar-refractivity contribution in [1.29, 1.82) is 0 Å². The Labute approximate surface area is 70.5 Å². The molecule has 0 aliphatic carbocycles. The Morgan fingerprint density at radius 2 is 1.60 bits per heavy atom. The third-order valence-corrected chi connectivity index (χ3v) is 1.75. The molecule has 0 aliphatic rings. The monoisotopic (exact) mass is 212 g/mol. The minimum atomic E-state index is -3.69. The largest absolute Gasteiger partial charge is 0.472 e. The molecular formula is C4H11NiO4P. The van der Waals surface area contributed by atoms with Crippen LogP contribution in [0.2, 0.25) is 0 Å². The van der Waals surface area contributed by atoms with Gasteiger partial charge in [0.2, 0.25) is 0 Å². The summed E-state index contributed by atoms with van der Waals surface area (Å²) in [5.74, 6) is 0. The molecule has 66 valence electrons. The first kappa shape index (κ1) is 13.2. The summed E-state index contributed by atoms with van der Waals surface area (Å²) in [6.07, 6.45) is 0. The smallest absolute Gasteiger partial charge is 0.302 e. The summed E-state index contributed by atoms with van der Waals surface area (Å²) >= 11 is 0. The Morgan fingerprint density at radius 3 is 1.80 bits per heavy atom. The van der Waals surface area contributed by atoms with E-state index in [0.717, 1.165) is 0 Å². The normalized spacial score (nSPS) is 10.7. The van der Waals surface area contributed by atoms with Crippen molar-refractivity contribution in [3.05, 3.63) is 0 Å². The fourth-order valence-corrected chi connectivity index (χ4v) is 1.09. The SMILES string of the molecule is CCOP(=O)(O)OCC.[Ni]. The fraction of sp³-hybridized carbons (Fsp3) is 1.00. The topological polar surface area (TPSA) is 55.8 Å². The zero-order valence-electron chi connectivity index (χ0n) is 5.85. The molecule has 0 bridgehead atoms. The molecule has 0 heterocycles. The third-order valence-electron chi connectivity index (χ3n) is 0.584. The molecule has 4 nitrogen and oxygen atoms in total. The summed E-state index contributed by atoms with van der Waals surface area (Å²) < 4.78 is 19.2. The molecular weight excluding hydrogens is 202 g/mol. The maximum atomic E-state index is 10.5. The Balaban J connectivity index is 0. The van der Waals surface area contributed by atoms with E-state index in [-0.39, 0.29) is 29.7 Å². The average Bonchev–Trinajstić information content (AvgIpc) is 1.64. The van der Waals surface area contributed by atoms with Gasteiger partial charge in [0.25, 0.3) is 0 Å². The number of hydrogen-bond donors (Lipinski definition) is 1. The summed E-state index contributed by atoms with van der Waals surface area (Å²) in [6, 6.07) is 0. The first-order valence-electron chi connectivity index (χ1n) is 2.74. The van der Waals surface area contributed by atoms with Crippen molar-refractivity contribution in [2.45, 2.75) is 13.8 Å². The molecule has 0 radical (unpaired) electrons. The molecule has 0 aromatic carbocycles. The van der Waals surface area contributed by atoms with Gasteiger partial charge in [-0.05, 0) is 13.8 Å². The molecule has 0 atom stereocenters. The molecule has 1 N–H and O–H groups in total. The van der Waals surface area contributed by atoms with E-state index in [2.05, 4.69) is 9.05 Å². The first-order chi connectivity index (χ1) is 4.12. The average molecular weight is 213 g/mol. The van der Waals surface area contributed by atoms with E-state index in [0.29, 0.717) is 0 Å². The van der Waals surface area contributed by atoms with Crippen molar-refractivity contribution in [2.75, 3.05) is 13.2 Å². The minimum absolute atomic E-state index is 0. The van der Waals surface area contributed by atoms with E-state index in [1.165, 1.54) is 0 Å². The molecule has 0 amide bonds. The zero-order chi connectivity index (χ0) is 7.33. The molecule has 0 saturated heterocycles. The van der Waals surface area contributed by atoms with Crippen LogP contribution in [0, 0.1) is 0 Å². The second-order valence-corrected chi connectivity index (χ2v) is 2.76. The number of phosphoric acid groups is 1. The van der Waals surface area contributed by atoms with Gasteiger partial charge in [0, 0.05) is 16.5 Å². The van der Waals surface area contributed by atoms with Gasteiger partial charge in [0.1, 0.15) is 0 Å². The van der Waals surface area contributed by atoms with Crippen LogP contribution in [0.1, 0.15) is 13.8 Å². The molecule has 0 aliphatic heterocycles. The van der Waals surface area contributed by atoms with E-state index >= 15 is 0 Å². The van der Waals surface area contributed by atoms with Gasteiger partial charge < -0.3 is 4.89 Å². The van der Waals surface area contributed by atoms with Gasteiger partial charge in [0.15, 0.2) is 0 Å². The quantitative estimate of drug-likeness (QED) is 0.562. The summed E-state index contributed by atoms with van der Waals surface area (Å²) in [5.41, 5.74) is 0. The Bertz CT molecular complexity index is 108. The Hall–Kier alpha value is 0.604. The molecule has 10 heavy (non-hydrogen) atoms. The fourth-order valence-electron chi connectivity index (χ4n) is 0.364. The Kier molecular flexibility index (Phi) is 8.35. The van der Waals surface area contributed by atoms with Crippen LogP contribution in [0.15, 0.2) is 0 Å². The maximum absolute atomic E-state index is 10.5. The van der Waals surface area contributed by atoms with Gasteiger partial charge in [-0.15, -0.1) is 0 Å². The van der Waals surface area contributed by atoms with Gasteiger partial charge in [-0.3, -0.25) is 9.05 Å². The van der Waals surface area contributed by atoms with Gasteiger partial charge in [-0.25, -0.2) is 4.57 Å². The van der Waals surface area contributed by atoms with E-state index in [4.69, 9.17) is 4.89 Å². The van der Waals surface area contributed by atoms with Crippen LogP contribution in [-0.2, 0) is 30.1 Å². The molecule has 0 fully saturated rings. The number of phosphoric ester groups is 1. The second-order valence-electron chi connectivity index (χ2n) is 1.30. The summed E-state index contributed by atoms with van der Waals surface area (Å²) in [5, 5.41) is 0. The van der Waals surface area contributed by atoms with Crippen LogP contribution < -0.4 is 0 Å². The van der Waals surface area contributed by atoms with Crippen LogP contribution in [0.25, 0.3) is 0 Å². The van der Waals surface area contributed by atoms with Gasteiger partial charge in [-0.2, -0.15) is 0 Å². The van der Waals surface area contributed by atoms with E-state index < -0.39 is 7.82 Å². The van der Waals surface area contributed by atoms with Crippen molar-refractivity contribution in [3.8, 4) is 0 Å². The van der Waals surface area contributed by atoms with Gasteiger partial charge in [-0.1, -0.05) is 0 Å². The zero-order valence-corrected chi connectivity index (χ0v) is 7.73. The summed E-state index contributed by atoms with van der Waals surface area (Å²) in [6.45, 7) is 3.63. The van der Waals surface area contributed by atoms with E-state index in [9.17, 15) is 4.57 Å². The van der Waals surface area contributed by atoms with Crippen LogP contribution in [0.4, 0.5) is 0 Å². The molecule has 0 aromatic rings.